The highest BCUT2D eigenvalue weighted by molar-refractivity contribution is 7.12. The van der Waals surface area contributed by atoms with Crippen LogP contribution in [0.1, 0.15) is 61.8 Å². The number of pyridine rings is 1. The van der Waals surface area contributed by atoms with Crippen molar-refractivity contribution in [1.29, 1.82) is 0 Å². The van der Waals surface area contributed by atoms with Crippen molar-refractivity contribution in [3.8, 4) is 0 Å². The maximum Gasteiger partial charge on any atom is 0.254 e. The first kappa shape index (κ1) is 19.3. The van der Waals surface area contributed by atoms with Gasteiger partial charge in [0.25, 0.3) is 11.8 Å². The molecular formula is C22H21N3O3S. The number of carbonyl (C=O) groups is 3. The highest BCUT2D eigenvalue weighted by atomic mass is 32.1. The zero-order valence-corrected chi connectivity index (χ0v) is 16.9. The van der Waals surface area contributed by atoms with E-state index in [2.05, 4.69) is 0 Å². The quantitative estimate of drug-likeness (QED) is 0.669. The molecule has 2 N–H and O–H groups in total. The van der Waals surface area contributed by atoms with Crippen LogP contribution >= 0.6 is 11.3 Å². The second-order valence-corrected chi connectivity index (χ2v) is 8.21. The lowest BCUT2D eigenvalue weighted by Gasteiger charge is -2.32. The molecule has 6 nitrogen and oxygen atoms in total. The van der Waals surface area contributed by atoms with E-state index in [0.29, 0.717) is 41.9 Å². The highest BCUT2D eigenvalue weighted by Crippen LogP contribution is 2.31. The van der Waals surface area contributed by atoms with Gasteiger partial charge in [-0.1, -0.05) is 18.2 Å². The van der Waals surface area contributed by atoms with Gasteiger partial charge in [0.05, 0.1) is 27.2 Å². The molecule has 29 heavy (non-hydrogen) atoms. The third kappa shape index (κ3) is 3.78. The van der Waals surface area contributed by atoms with Crippen LogP contribution in [0.5, 0.6) is 0 Å². The first-order valence-electron chi connectivity index (χ1n) is 9.52. The van der Waals surface area contributed by atoms with Crippen LogP contribution in [0.15, 0.2) is 41.8 Å². The Morgan fingerprint density at radius 3 is 2.52 bits per heavy atom. The van der Waals surface area contributed by atoms with Crippen molar-refractivity contribution >= 4 is 39.8 Å². The Hall–Kier alpha value is -3.06. The minimum absolute atomic E-state index is 0.0332. The molecule has 0 spiro atoms. The second-order valence-electron chi connectivity index (χ2n) is 7.30. The van der Waals surface area contributed by atoms with Crippen molar-refractivity contribution in [1.82, 2.24) is 9.88 Å². The largest absolute Gasteiger partial charge is 0.366 e. The summed E-state index contributed by atoms with van der Waals surface area (Å²) in [4.78, 5) is 43.4. The number of hydrogen-bond acceptors (Lipinski definition) is 5. The number of aromatic nitrogens is 1. The molecule has 0 bridgehead atoms. The van der Waals surface area contributed by atoms with E-state index in [9.17, 15) is 14.4 Å². The Morgan fingerprint density at radius 1 is 1.14 bits per heavy atom. The number of benzene rings is 1. The van der Waals surface area contributed by atoms with Crippen molar-refractivity contribution in [2.75, 3.05) is 13.1 Å². The zero-order valence-electron chi connectivity index (χ0n) is 16.1. The van der Waals surface area contributed by atoms with Crippen LogP contribution in [0.2, 0.25) is 0 Å². The van der Waals surface area contributed by atoms with Crippen molar-refractivity contribution in [3.63, 3.8) is 0 Å². The number of thiophene rings is 1. The maximum atomic E-state index is 12.8. The molecule has 1 aliphatic rings. The van der Waals surface area contributed by atoms with E-state index < -0.39 is 5.91 Å². The molecule has 1 aromatic carbocycles. The lowest BCUT2D eigenvalue weighted by atomic mass is 9.89. The summed E-state index contributed by atoms with van der Waals surface area (Å²) in [5, 5.41) is 2.62. The molecule has 0 radical (unpaired) electrons. The fourth-order valence-electron chi connectivity index (χ4n) is 3.81. The number of amides is 2. The fourth-order valence-corrected chi connectivity index (χ4v) is 4.59. The summed E-state index contributed by atoms with van der Waals surface area (Å²) in [5.74, 6) is -0.504. The number of para-hydroxylation sites is 1. The predicted molar refractivity (Wildman–Crippen MR) is 112 cm³/mol. The normalized spacial score (nSPS) is 14.9. The summed E-state index contributed by atoms with van der Waals surface area (Å²) in [7, 11) is 0. The molecule has 2 amide bonds. The van der Waals surface area contributed by atoms with Gasteiger partial charge in [-0.2, -0.15) is 0 Å². The second kappa shape index (κ2) is 7.75. The number of hydrogen-bond donors (Lipinski definition) is 1. The molecule has 0 atom stereocenters. The number of Topliss-reactive ketones (excluding diaryl/α,β-unsaturated/α-hetero) is 1. The van der Waals surface area contributed by atoms with Crippen LogP contribution < -0.4 is 5.73 Å². The number of nitrogens with zero attached hydrogens (tertiary/aromatic N) is 2. The molecule has 148 valence electrons. The van der Waals surface area contributed by atoms with E-state index in [4.69, 9.17) is 10.7 Å². The minimum atomic E-state index is -0.480. The van der Waals surface area contributed by atoms with E-state index in [0.717, 1.165) is 16.6 Å². The smallest absolute Gasteiger partial charge is 0.254 e. The standard InChI is InChI=1S/C22H21N3O3S/c1-13(26)19-11-16(12-29-19)22(28)25-8-6-14(7-9-25)20-17(21(23)27)10-15-4-2-3-5-18(15)24-20/h2-5,10-12,14H,6-9H2,1H3,(H2,23,27). The van der Waals surface area contributed by atoms with Crippen LogP contribution in [0.3, 0.4) is 0 Å². The topological polar surface area (TPSA) is 93.4 Å². The molecule has 1 saturated heterocycles. The Bertz CT molecular complexity index is 1110. The Balaban J connectivity index is 1.53. The molecule has 4 rings (SSSR count). The van der Waals surface area contributed by atoms with E-state index >= 15 is 0 Å². The van der Waals surface area contributed by atoms with Crippen molar-refractivity contribution in [2.24, 2.45) is 5.73 Å². The van der Waals surface area contributed by atoms with Crippen LogP contribution in [-0.2, 0) is 0 Å². The van der Waals surface area contributed by atoms with Gasteiger partial charge in [0.2, 0.25) is 0 Å². The number of ketones is 1. The summed E-state index contributed by atoms with van der Waals surface area (Å²) < 4.78 is 0. The summed E-state index contributed by atoms with van der Waals surface area (Å²) in [6, 6.07) is 11.1. The van der Waals surface area contributed by atoms with Gasteiger partial charge in [0, 0.05) is 29.8 Å². The summed E-state index contributed by atoms with van der Waals surface area (Å²) in [6.45, 7) is 2.64. The molecule has 1 fully saturated rings. The molecule has 2 aromatic heterocycles. The molecule has 3 heterocycles. The van der Waals surface area contributed by atoms with Gasteiger partial charge < -0.3 is 10.6 Å². The van der Waals surface area contributed by atoms with Gasteiger partial charge >= 0.3 is 0 Å². The fraction of sp³-hybridized carbons (Fsp3) is 0.273. The van der Waals surface area contributed by atoms with Crippen LogP contribution in [0.25, 0.3) is 10.9 Å². The predicted octanol–water partition coefficient (Wildman–Crippen LogP) is 3.62. The summed E-state index contributed by atoms with van der Waals surface area (Å²) in [5.41, 5.74) is 8.19. The van der Waals surface area contributed by atoms with E-state index in [1.165, 1.54) is 18.3 Å². The number of primary amides is 1. The van der Waals surface area contributed by atoms with E-state index in [1.54, 1.807) is 16.3 Å². The van der Waals surface area contributed by atoms with E-state index in [-0.39, 0.29) is 17.6 Å². The van der Waals surface area contributed by atoms with Crippen LogP contribution in [0.4, 0.5) is 0 Å². The number of piperidine rings is 1. The Labute approximate surface area is 172 Å². The summed E-state index contributed by atoms with van der Waals surface area (Å²) >= 11 is 1.30. The zero-order chi connectivity index (χ0) is 20.5. The first-order chi connectivity index (χ1) is 13.9. The Morgan fingerprint density at radius 2 is 1.86 bits per heavy atom. The van der Waals surface area contributed by atoms with Crippen molar-refractivity contribution < 1.29 is 14.4 Å². The molecular weight excluding hydrogens is 386 g/mol. The number of likely N-dealkylation sites (tertiary alicyclic amines) is 1. The molecule has 7 heteroatoms. The first-order valence-corrected chi connectivity index (χ1v) is 10.4. The molecule has 0 aliphatic carbocycles. The SMILES string of the molecule is CC(=O)c1cc(C(=O)N2CCC(c3nc4ccccc4cc3C(N)=O)CC2)cs1. The molecule has 1 aliphatic heterocycles. The van der Waals surface area contributed by atoms with Gasteiger partial charge in [0.1, 0.15) is 0 Å². The summed E-state index contributed by atoms with van der Waals surface area (Å²) in [6.07, 6.45) is 1.42. The van der Waals surface area contributed by atoms with Crippen molar-refractivity contribution in [3.05, 3.63) is 63.5 Å². The minimum Gasteiger partial charge on any atom is -0.366 e. The number of fused-ring (bicyclic) bond motifs is 1. The monoisotopic (exact) mass is 407 g/mol. The number of nitrogens with two attached hydrogens (primary N) is 1. The van der Waals surface area contributed by atoms with Crippen LogP contribution in [0, 0.1) is 0 Å². The lowest BCUT2D eigenvalue weighted by Crippen LogP contribution is -2.38. The average molecular weight is 407 g/mol. The molecule has 0 unspecified atom stereocenters. The van der Waals surface area contributed by atoms with Gasteiger partial charge in [-0.15, -0.1) is 11.3 Å². The highest BCUT2D eigenvalue weighted by Gasteiger charge is 2.28. The average Bonchev–Trinajstić information content (AvgIpc) is 3.23. The van der Waals surface area contributed by atoms with Crippen LogP contribution in [-0.4, -0.2) is 40.6 Å². The van der Waals surface area contributed by atoms with Gasteiger partial charge in [-0.05, 0) is 38.0 Å². The third-order valence-electron chi connectivity index (χ3n) is 5.38. The van der Waals surface area contributed by atoms with Gasteiger partial charge in [-0.3, -0.25) is 19.4 Å². The number of rotatable bonds is 4. The molecule has 0 saturated carbocycles. The van der Waals surface area contributed by atoms with E-state index in [1.807, 2.05) is 30.3 Å². The lowest BCUT2D eigenvalue weighted by molar-refractivity contribution is 0.0711. The molecule has 3 aromatic rings. The van der Waals surface area contributed by atoms with Gasteiger partial charge in [-0.25, -0.2) is 0 Å². The third-order valence-corrected chi connectivity index (χ3v) is 6.41. The Kier molecular flexibility index (Phi) is 5.15. The number of carbonyl (C=O) groups excluding carboxylic acids is 3. The maximum absolute atomic E-state index is 12.8. The van der Waals surface area contributed by atoms with Gasteiger partial charge in [0.15, 0.2) is 5.78 Å². The van der Waals surface area contributed by atoms with Crippen molar-refractivity contribution in [2.45, 2.75) is 25.7 Å².